The summed E-state index contributed by atoms with van der Waals surface area (Å²) in [5.41, 5.74) is 1.48. The van der Waals surface area contributed by atoms with Crippen LogP contribution in [0.5, 0.6) is 5.75 Å². The summed E-state index contributed by atoms with van der Waals surface area (Å²) in [6.07, 6.45) is 8.14. The van der Waals surface area contributed by atoms with Crippen molar-refractivity contribution in [2.45, 2.75) is 65.2 Å². The van der Waals surface area contributed by atoms with Crippen LogP contribution in [-0.4, -0.2) is 19.8 Å². The Morgan fingerprint density at radius 2 is 1.52 bits per heavy atom. The molecule has 120 valence electrons. The van der Waals surface area contributed by atoms with Gasteiger partial charge in [-0.2, -0.15) is 0 Å². The van der Waals surface area contributed by atoms with Crippen LogP contribution in [0.25, 0.3) is 0 Å². The second-order valence-electron chi connectivity index (χ2n) is 5.66. The van der Waals surface area contributed by atoms with Crippen molar-refractivity contribution in [1.29, 1.82) is 0 Å². The van der Waals surface area contributed by atoms with Crippen molar-refractivity contribution in [3.8, 4) is 5.75 Å². The van der Waals surface area contributed by atoms with Crippen LogP contribution in [0.4, 0.5) is 0 Å². The molecule has 2 nitrogen and oxygen atoms in total. The Hall–Kier alpha value is -1.02. The average molecular weight is 292 g/mol. The molecule has 0 N–H and O–H groups in total. The standard InChI is InChI=1S/C16H24O2.C3H8/c1-2-17-12-13-18-16-10-8-15(9-11-16)14-6-4-3-5-7-14;1-3-2/h8-11,14H,2-7,12-13H2,1H3;3H2,1-2H3. The van der Waals surface area contributed by atoms with E-state index in [9.17, 15) is 0 Å². The Morgan fingerprint density at radius 1 is 0.905 bits per heavy atom. The molecular weight excluding hydrogens is 260 g/mol. The van der Waals surface area contributed by atoms with Gasteiger partial charge in [-0.1, -0.05) is 51.7 Å². The lowest BCUT2D eigenvalue weighted by atomic mass is 9.84. The molecule has 1 saturated carbocycles. The summed E-state index contributed by atoms with van der Waals surface area (Å²) in [4.78, 5) is 0. The minimum Gasteiger partial charge on any atom is -0.491 e. The molecule has 0 saturated heterocycles. The molecule has 0 radical (unpaired) electrons. The fourth-order valence-electron chi connectivity index (χ4n) is 2.63. The Morgan fingerprint density at radius 3 is 2.10 bits per heavy atom. The third-order valence-corrected chi connectivity index (χ3v) is 3.66. The normalized spacial score (nSPS) is 15.2. The van der Waals surface area contributed by atoms with E-state index in [1.165, 1.54) is 44.1 Å². The summed E-state index contributed by atoms with van der Waals surface area (Å²) in [6, 6.07) is 8.64. The van der Waals surface area contributed by atoms with E-state index in [-0.39, 0.29) is 0 Å². The second kappa shape index (κ2) is 11.6. The summed E-state index contributed by atoms with van der Waals surface area (Å²) in [6.45, 7) is 8.31. The fourth-order valence-corrected chi connectivity index (χ4v) is 2.63. The van der Waals surface area contributed by atoms with Gasteiger partial charge in [-0.15, -0.1) is 0 Å². The van der Waals surface area contributed by atoms with E-state index in [1.54, 1.807) is 0 Å². The smallest absolute Gasteiger partial charge is 0.119 e. The van der Waals surface area contributed by atoms with Crippen LogP contribution in [0, 0.1) is 0 Å². The fraction of sp³-hybridized carbons (Fsp3) is 0.684. The molecule has 0 unspecified atom stereocenters. The van der Waals surface area contributed by atoms with Crippen LogP contribution in [0.1, 0.15) is 70.8 Å². The van der Waals surface area contributed by atoms with Gasteiger partial charge in [-0.05, 0) is 43.4 Å². The highest BCUT2D eigenvalue weighted by Crippen LogP contribution is 2.33. The van der Waals surface area contributed by atoms with Crippen LogP contribution in [-0.2, 0) is 4.74 Å². The molecule has 1 aromatic rings. The molecular formula is C19H32O2. The molecule has 0 heterocycles. The predicted octanol–water partition coefficient (Wildman–Crippen LogP) is 5.57. The molecule has 0 atom stereocenters. The highest BCUT2D eigenvalue weighted by atomic mass is 16.5. The monoisotopic (exact) mass is 292 g/mol. The van der Waals surface area contributed by atoms with Crippen molar-refractivity contribution < 1.29 is 9.47 Å². The number of hydrogen-bond acceptors (Lipinski definition) is 2. The molecule has 0 aliphatic heterocycles. The molecule has 2 heteroatoms. The number of ether oxygens (including phenoxy) is 2. The second-order valence-corrected chi connectivity index (χ2v) is 5.66. The molecule has 1 aliphatic rings. The van der Waals surface area contributed by atoms with Gasteiger partial charge < -0.3 is 9.47 Å². The first-order chi connectivity index (χ1) is 10.3. The van der Waals surface area contributed by atoms with Crippen molar-refractivity contribution in [2.24, 2.45) is 0 Å². The van der Waals surface area contributed by atoms with E-state index in [2.05, 4.69) is 38.1 Å². The van der Waals surface area contributed by atoms with Crippen molar-refractivity contribution >= 4 is 0 Å². The van der Waals surface area contributed by atoms with Crippen molar-refractivity contribution in [2.75, 3.05) is 19.8 Å². The Labute approximate surface area is 130 Å². The molecule has 2 rings (SSSR count). The lowest BCUT2D eigenvalue weighted by Crippen LogP contribution is -2.07. The van der Waals surface area contributed by atoms with E-state index in [0.717, 1.165) is 18.3 Å². The molecule has 0 bridgehead atoms. The van der Waals surface area contributed by atoms with Gasteiger partial charge in [-0.3, -0.25) is 0 Å². The summed E-state index contributed by atoms with van der Waals surface area (Å²) in [7, 11) is 0. The zero-order valence-corrected chi connectivity index (χ0v) is 14.1. The number of benzene rings is 1. The van der Waals surface area contributed by atoms with Crippen LogP contribution in [0.2, 0.25) is 0 Å². The number of rotatable bonds is 6. The van der Waals surface area contributed by atoms with E-state index in [0.29, 0.717) is 13.2 Å². The predicted molar refractivity (Wildman–Crippen MR) is 90.2 cm³/mol. The van der Waals surface area contributed by atoms with Crippen molar-refractivity contribution in [3.63, 3.8) is 0 Å². The summed E-state index contributed by atoms with van der Waals surface area (Å²) in [5.74, 6) is 1.73. The minimum atomic E-state index is 0.636. The lowest BCUT2D eigenvalue weighted by molar-refractivity contribution is 0.110. The summed E-state index contributed by atoms with van der Waals surface area (Å²) >= 11 is 0. The lowest BCUT2D eigenvalue weighted by Gasteiger charge is -2.22. The largest absolute Gasteiger partial charge is 0.491 e. The highest BCUT2D eigenvalue weighted by molar-refractivity contribution is 5.29. The van der Waals surface area contributed by atoms with Crippen molar-refractivity contribution in [3.05, 3.63) is 29.8 Å². The molecule has 0 spiro atoms. The van der Waals surface area contributed by atoms with E-state index < -0.39 is 0 Å². The van der Waals surface area contributed by atoms with Crippen LogP contribution < -0.4 is 4.74 Å². The zero-order valence-electron chi connectivity index (χ0n) is 14.1. The quantitative estimate of drug-likeness (QED) is 0.638. The molecule has 1 aromatic carbocycles. The van der Waals surface area contributed by atoms with Gasteiger partial charge in [0, 0.05) is 6.61 Å². The molecule has 0 aromatic heterocycles. The first-order valence-electron chi connectivity index (χ1n) is 8.62. The van der Waals surface area contributed by atoms with Crippen LogP contribution in [0.15, 0.2) is 24.3 Å². The maximum absolute atomic E-state index is 5.63. The van der Waals surface area contributed by atoms with E-state index >= 15 is 0 Å². The Balaban J connectivity index is 0.000000677. The average Bonchev–Trinajstić information content (AvgIpc) is 2.54. The van der Waals surface area contributed by atoms with Crippen molar-refractivity contribution in [1.82, 2.24) is 0 Å². The number of hydrogen-bond donors (Lipinski definition) is 0. The Bertz CT molecular complexity index is 339. The third kappa shape index (κ3) is 7.52. The van der Waals surface area contributed by atoms with E-state index in [4.69, 9.17) is 9.47 Å². The molecule has 1 fully saturated rings. The van der Waals surface area contributed by atoms with Crippen LogP contribution >= 0.6 is 0 Å². The molecule has 21 heavy (non-hydrogen) atoms. The van der Waals surface area contributed by atoms with Gasteiger partial charge in [-0.25, -0.2) is 0 Å². The Kier molecular flexibility index (Phi) is 9.98. The maximum atomic E-state index is 5.63. The van der Waals surface area contributed by atoms with Crippen LogP contribution in [0.3, 0.4) is 0 Å². The van der Waals surface area contributed by atoms with Gasteiger partial charge in [0.2, 0.25) is 0 Å². The van der Waals surface area contributed by atoms with E-state index in [1.807, 2.05) is 6.92 Å². The van der Waals surface area contributed by atoms with Gasteiger partial charge >= 0.3 is 0 Å². The molecule has 0 amide bonds. The van der Waals surface area contributed by atoms with Gasteiger partial charge in [0.1, 0.15) is 12.4 Å². The van der Waals surface area contributed by atoms with Gasteiger partial charge in [0.05, 0.1) is 6.61 Å². The maximum Gasteiger partial charge on any atom is 0.119 e. The van der Waals surface area contributed by atoms with Gasteiger partial charge in [0.15, 0.2) is 0 Å². The topological polar surface area (TPSA) is 18.5 Å². The highest BCUT2D eigenvalue weighted by Gasteiger charge is 2.15. The first-order valence-corrected chi connectivity index (χ1v) is 8.62. The summed E-state index contributed by atoms with van der Waals surface area (Å²) < 4.78 is 10.9. The summed E-state index contributed by atoms with van der Waals surface area (Å²) in [5, 5.41) is 0. The first kappa shape index (κ1) is 18.0. The zero-order chi connectivity index (χ0) is 15.3. The third-order valence-electron chi connectivity index (χ3n) is 3.66. The SMILES string of the molecule is CCC.CCOCCOc1ccc(C2CCCCC2)cc1. The minimum absolute atomic E-state index is 0.636. The van der Waals surface area contributed by atoms with Gasteiger partial charge in [0.25, 0.3) is 0 Å². The molecule has 1 aliphatic carbocycles.